The summed E-state index contributed by atoms with van der Waals surface area (Å²) in [5.74, 6) is 1.97. The van der Waals surface area contributed by atoms with Crippen LogP contribution in [-0.2, 0) is 13.0 Å². The summed E-state index contributed by atoms with van der Waals surface area (Å²) >= 11 is 0. The van der Waals surface area contributed by atoms with Crippen molar-refractivity contribution in [1.82, 2.24) is 20.1 Å². The molecule has 0 bridgehead atoms. The second-order valence-corrected chi connectivity index (χ2v) is 5.04. The van der Waals surface area contributed by atoms with E-state index in [0.717, 1.165) is 37.9 Å². The summed E-state index contributed by atoms with van der Waals surface area (Å²) in [5, 5.41) is 7.84. The van der Waals surface area contributed by atoms with E-state index in [-0.39, 0.29) is 0 Å². The van der Waals surface area contributed by atoms with Crippen LogP contribution in [0.5, 0.6) is 0 Å². The highest BCUT2D eigenvalue weighted by atomic mass is 15.3. The molecule has 1 aliphatic rings. The average Bonchev–Trinajstić information content (AvgIpc) is 2.91. The van der Waals surface area contributed by atoms with Crippen molar-refractivity contribution in [1.29, 1.82) is 0 Å². The maximum Gasteiger partial charge on any atom is 0.138 e. The lowest BCUT2D eigenvalue weighted by atomic mass is 10.0. The number of nitrogens with one attached hydrogen (secondary N) is 1. The average molecular weight is 236 g/mol. The van der Waals surface area contributed by atoms with Crippen molar-refractivity contribution >= 4 is 0 Å². The normalized spacial score (nSPS) is 24.4. The maximum absolute atomic E-state index is 4.40. The van der Waals surface area contributed by atoms with Gasteiger partial charge in [-0.25, -0.2) is 4.98 Å². The predicted octanol–water partition coefficient (Wildman–Crippen LogP) is 2.01. The van der Waals surface area contributed by atoms with E-state index in [1.807, 2.05) is 0 Å². The Bertz CT molecular complexity index is 334. The molecule has 4 heteroatoms. The third-order valence-corrected chi connectivity index (χ3v) is 3.64. The molecule has 1 heterocycles. The van der Waals surface area contributed by atoms with E-state index in [2.05, 4.69) is 33.9 Å². The van der Waals surface area contributed by atoms with Crippen molar-refractivity contribution in [2.75, 3.05) is 6.54 Å². The minimum absolute atomic E-state index is 0.729. The second kappa shape index (κ2) is 6.15. The van der Waals surface area contributed by atoms with Crippen molar-refractivity contribution in [3.63, 3.8) is 0 Å². The number of aromatic nitrogens is 3. The van der Waals surface area contributed by atoms with Gasteiger partial charge in [0.1, 0.15) is 12.2 Å². The first-order valence-corrected chi connectivity index (χ1v) is 6.93. The van der Waals surface area contributed by atoms with Gasteiger partial charge in [-0.3, -0.25) is 4.68 Å². The van der Waals surface area contributed by atoms with Crippen LogP contribution in [0.3, 0.4) is 0 Å². The highest BCUT2D eigenvalue weighted by Gasteiger charge is 2.25. The zero-order valence-corrected chi connectivity index (χ0v) is 11.0. The van der Waals surface area contributed by atoms with Gasteiger partial charge in [0.15, 0.2) is 0 Å². The largest absolute Gasteiger partial charge is 0.314 e. The third kappa shape index (κ3) is 3.28. The molecule has 2 rings (SSSR count). The lowest BCUT2D eigenvalue weighted by Gasteiger charge is -2.12. The first-order valence-electron chi connectivity index (χ1n) is 6.93. The van der Waals surface area contributed by atoms with Crippen LogP contribution in [0.2, 0.25) is 0 Å². The van der Waals surface area contributed by atoms with Crippen LogP contribution in [0.1, 0.15) is 45.4 Å². The standard InChI is InChI=1S/C13H24N4/c1-3-7-17-13(15-10-16-17)9-11-5-6-12(8-11)14-4-2/h10-12,14H,3-9H2,1-2H3. The molecule has 1 aromatic rings. The summed E-state index contributed by atoms with van der Waals surface area (Å²) in [6, 6.07) is 0.729. The molecular formula is C13H24N4. The van der Waals surface area contributed by atoms with E-state index in [1.165, 1.54) is 25.1 Å². The van der Waals surface area contributed by atoms with E-state index < -0.39 is 0 Å². The monoisotopic (exact) mass is 236 g/mol. The molecule has 0 aromatic carbocycles. The quantitative estimate of drug-likeness (QED) is 0.821. The van der Waals surface area contributed by atoms with Crippen molar-refractivity contribution < 1.29 is 0 Å². The maximum atomic E-state index is 4.40. The first-order chi connectivity index (χ1) is 8.33. The zero-order valence-electron chi connectivity index (χ0n) is 11.0. The Morgan fingerprint density at radius 2 is 2.29 bits per heavy atom. The fourth-order valence-electron chi connectivity index (χ4n) is 2.84. The van der Waals surface area contributed by atoms with E-state index in [1.54, 1.807) is 6.33 Å². The van der Waals surface area contributed by atoms with Gasteiger partial charge < -0.3 is 5.32 Å². The summed E-state index contributed by atoms with van der Waals surface area (Å²) in [6.07, 6.45) is 7.87. The molecular weight excluding hydrogens is 212 g/mol. The number of aryl methyl sites for hydroxylation is 1. The van der Waals surface area contributed by atoms with Gasteiger partial charge in [-0.2, -0.15) is 5.10 Å². The molecule has 0 spiro atoms. The molecule has 1 fully saturated rings. The Morgan fingerprint density at radius 1 is 1.41 bits per heavy atom. The SMILES string of the molecule is CCCn1ncnc1CC1CCC(NCC)C1. The molecule has 17 heavy (non-hydrogen) atoms. The molecule has 0 aliphatic heterocycles. The van der Waals surface area contributed by atoms with Gasteiger partial charge in [0.2, 0.25) is 0 Å². The molecule has 1 aromatic heterocycles. The van der Waals surface area contributed by atoms with Gasteiger partial charge in [0.25, 0.3) is 0 Å². The highest BCUT2D eigenvalue weighted by molar-refractivity contribution is 4.91. The molecule has 1 N–H and O–H groups in total. The molecule has 2 unspecified atom stereocenters. The summed E-state index contributed by atoms with van der Waals surface area (Å²) in [6.45, 7) is 6.45. The van der Waals surface area contributed by atoms with Crippen LogP contribution in [0.15, 0.2) is 6.33 Å². The van der Waals surface area contributed by atoms with Crippen LogP contribution in [0, 0.1) is 5.92 Å². The van der Waals surface area contributed by atoms with E-state index in [4.69, 9.17) is 0 Å². The first kappa shape index (κ1) is 12.6. The summed E-state index contributed by atoms with van der Waals surface area (Å²) in [5.41, 5.74) is 0. The van der Waals surface area contributed by atoms with Crippen LogP contribution >= 0.6 is 0 Å². The number of nitrogens with zero attached hydrogens (tertiary/aromatic N) is 3. The Morgan fingerprint density at radius 3 is 3.06 bits per heavy atom. The van der Waals surface area contributed by atoms with Gasteiger partial charge in [-0.05, 0) is 38.1 Å². The summed E-state index contributed by atoms with van der Waals surface area (Å²) in [7, 11) is 0. The summed E-state index contributed by atoms with van der Waals surface area (Å²) < 4.78 is 2.07. The molecule has 0 amide bonds. The van der Waals surface area contributed by atoms with Crippen LogP contribution in [0.4, 0.5) is 0 Å². The number of hydrogen-bond acceptors (Lipinski definition) is 3. The van der Waals surface area contributed by atoms with Crippen LogP contribution < -0.4 is 5.32 Å². The fourth-order valence-corrected chi connectivity index (χ4v) is 2.84. The van der Waals surface area contributed by atoms with Gasteiger partial charge in [0.05, 0.1) is 0 Å². The predicted molar refractivity (Wildman–Crippen MR) is 68.8 cm³/mol. The molecule has 1 aliphatic carbocycles. The second-order valence-electron chi connectivity index (χ2n) is 5.04. The van der Waals surface area contributed by atoms with E-state index in [9.17, 15) is 0 Å². The smallest absolute Gasteiger partial charge is 0.138 e. The zero-order chi connectivity index (χ0) is 12.1. The Balaban J connectivity index is 1.86. The lowest BCUT2D eigenvalue weighted by molar-refractivity contribution is 0.466. The molecule has 0 radical (unpaired) electrons. The molecule has 0 saturated heterocycles. The van der Waals surface area contributed by atoms with Crippen molar-refractivity contribution in [3.05, 3.63) is 12.2 Å². The topological polar surface area (TPSA) is 42.7 Å². The van der Waals surface area contributed by atoms with E-state index >= 15 is 0 Å². The minimum Gasteiger partial charge on any atom is -0.314 e. The van der Waals surface area contributed by atoms with Crippen molar-refractivity contribution in [3.8, 4) is 0 Å². The fraction of sp³-hybridized carbons (Fsp3) is 0.846. The third-order valence-electron chi connectivity index (χ3n) is 3.64. The molecule has 2 atom stereocenters. The molecule has 96 valence electrons. The number of rotatable bonds is 6. The summed E-state index contributed by atoms with van der Waals surface area (Å²) in [4.78, 5) is 4.40. The van der Waals surface area contributed by atoms with Gasteiger partial charge >= 0.3 is 0 Å². The van der Waals surface area contributed by atoms with Gasteiger partial charge in [-0.1, -0.05) is 13.8 Å². The highest BCUT2D eigenvalue weighted by Crippen LogP contribution is 2.28. The lowest BCUT2D eigenvalue weighted by Crippen LogP contribution is -2.26. The van der Waals surface area contributed by atoms with E-state index in [0.29, 0.717) is 0 Å². The molecule has 1 saturated carbocycles. The van der Waals surface area contributed by atoms with Gasteiger partial charge in [0, 0.05) is 19.0 Å². The minimum atomic E-state index is 0.729. The van der Waals surface area contributed by atoms with Crippen molar-refractivity contribution in [2.24, 2.45) is 5.92 Å². The van der Waals surface area contributed by atoms with Crippen LogP contribution in [0.25, 0.3) is 0 Å². The Hall–Kier alpha value is -0.900. The van der Waals surface area contributed by atoms with Crippen LogP contribution in [-0.4, -0.2) is 27.4 Å². The Kier molecular flexibility index (Phi) is 4.54. The molecule has 4 nitrogen and oxygen atoms in total. The Labute approximate surface area is 104 Å². The van der Waals surface area contributed by atoms with Gasteiger partial charge in [-0.15, -0.1) is 0 Å². The van der Waals surface area contributed by atoms with Crippen molar-refractivity contribution in [2.45, 2.75) is 58.5 Å². The number of hydrogen-bond donors (Lipinski definition) is 1.